The Morgan fingerprint density at radius 2 is 1.88 bits per heavy atom. The van der Waals surface area contributed by atoms with Crippen molar-refractivity contribution < 1.29 is 9.59 Å². The van der Waals surface area contributed by atoms with Crippen LogP contribution in [0.4, 0.5) is 0 Å². The molecule has 0 atom stereocenters. The lowest BCUT2D eigenvalue weighted by molar-refractivity contribution is -0.130. The molecule has 1 N–H and O–H groups in total. The number of nitrogens with one attached hydrogen (secondary N) is 1. The molecule has 2 amide bonds. The van der Waals surface area contributed by atoms with E-state index in [0.29, 0.717) is 5.56 Å². The highest BCUT2D eigenvalue weighted by Crippen LogP contribution is 2.23. The number of likely N-dealkylation sites (tertiary alicyclic amines) is 1. The lowest BCUT2D eigenvalue weighted by atomic mass is 9.99. The second-order valence-corrected chi connectivity index (χ2v) is 6.32. The zero-order valence-electron chi connectivity index (χ0n) is 14.5. The molecule has 1 aliphatic rings. The number of carbonyl (C=O) groups excluding carboxylic acids is 2. The van der Waals surface area contributed by atoms with Gasteiger partial charge in [-0.3, -0.25) is 14.6 Å². The number of benzene rings is 1. The van der Waals surface area contributed by atoms with Gasteiger partial charge in [0.15, 0.2) is 0 Å². The second kappa shape index (κ2) is 7.92. The summed E-state index contributed by atoms with van der Waals surface area (Å²) in [7, 11) is 0. The molecule has 1 aromatic carbocycles. The summed E-state index contributed by atoms with van der Waals surface area (Å²) in [5, 5.41) is 2.76. The van der Waals surface area contributed by atoms with Crippen LogP contribution in [0.1, 0.15) is 35.2 Å². The molecular formula is C20H23N3O2. The summed E-state index contributed by atoms with van der Waals surface area (Å²) in [5.74, 6) is -0.229. The number of aromatic nitrogens is 1. The molecule has 3 rings (SSSR count). The summed E-state index contributed by atoms with van der Waals surface area (Å²) in [4.78, 5) is 30.9. The average Bonchev–Trinajstić information content (AvgIpc) is 2.67. The fourth-order valence-electron chi connectivity index (χ4n) is 3.19. The molecule has 2 heterocycles. The van der Waals surface area contributed by atoms with E-state index in [2.05, 4.69) is 10.3 Å². The number of amides is 2. The molecule has 2 aromatic rings. The van der Waals surface area contributed by atoms with E-state index in [1.807, 2.05) is 42.2 Å². The Labute approximate surface area is 148 Å². The lowest BCUT2D eigenvalue weighted by Gasteiger charge is -2.26. The summed E-state index contributed by atoms with van der Waals surface area (Å²) >= 11 is 0. The van der Waals surface area contributed by atoms with Gasteiger partial charge in [-0.05, 0) is 49.9 Å². The van der Waals surface area contributed by atoms with Crippen LogP contribution in [0.5, 0.6) is 0 Å². The molecule has 5 heteroatoms. The van der Waals surface area contributed by atoms with Crippen molar-refractivity contribution >= 4 is 11.8 Å². The number of piperidine rings is 1. The maximum atomic E-state index is 12.5. The molecule has 0 bridgehead atoms. The molecule has 5 nitrogen and oxygen atoms in total. The van der Waals surface area contributed by atoms with Crippen molar-refractivity contribution in [3.05, 3.63) is 53.7 Å². The Kier molecular flexibility index (Phi) is 5.43. The summed E-state index contributed by atoms with van der Waals surface area (Å²) in [6.07, 6.45) is 5.00. The first-order valence-corrected chi connectivity index (χ1v) is 8.74. The van der Waals surface area contributed by atoms with Crippen molar-refractivity contribution in [2.75, 3.05) is 19.6 Å². The highest BCUT2D eigenvalue weighted by Gasteiger charge is 2.18. The van der Waals surface area contributed by atoms with Crippen LogP contribution in [-0.2, 0) is 4.79 Å². The van der Waals surface area contributed by atoms with E-state index >= 15 is 0 Å². The van der Waals surface area contributed by atoms with Crippen LogP contribution in [0.3, 0.4) is 0 Å². The normalized spacial score (nSPS) is 14.2. The van der Waals surface area contributed by atoms with Crippen molar-refractivity contribution in [3.63, 3.8) is 0 Å². The van der Waals surface area contributed by atoms with E-state index in [-0.39, 0.29) is 18.4 Å². The number of nitrogens with zero attached hydrogens (tertiary/aromatic N) is 2. The summed E-state index contributed by atoms with van der Waals surface area (Å²) in [5.41, 5.74) is 3.20. The van der Waals surface area contributed by atoms with Gasteiger partial charge in [-0.15, -0.1) is 0 Å². The van der Waals surface area contributed by atoms with Crippen LogP contribution < -0.4 is 5.32 Å². The standard InChI is InChI=1S/C20H23N3O2/c1-15-16(18-10-3-4-11-21-18)8-7-9-17(15)20(25)22-14-19(24)23-12-5-2-6-13-23/h3-4,7-11H,2,5-6,12-14H2,1H3,(H,22,25). The van der Waals surface area contributed by atoms with Gasteiger partial charge in [0.2, 0.25) is 5.91 Å². The van der Waals surface area contributed by atoms with Gasteiger partial charge < -0.3 is 10.2 Å². The zero-order valence-corrected chi connectivity index (χ0v) is 14.5. The minimum atomic E-state index is -0.222. The van der Waals surface area contributed by atoms with Crippen LogP contribution in [0.15, 0.2) is 42.6 Å². The van der Waals surface area contributed by atoms with Crippen LogP contribution >= 0.6 is 0 Å². The Balaban J connectivity index is 1.69. The molecule has 0 saturated carbocycles. The average molecular weight is 337 g/mol. The quantitative estimate of drug-likeness (QED) is 0.933. The van der Waals surface area contributed by atoms with Crippen molar-refractivity contribution in [1.82, 2.24) is 15.2 Å². The fraction of sp³-hybridized carbons (Fsp3) is 0.350. The lowest BCUT2D eigenvalue weighted by Crippen LogP contribution is -2.42. The van der Waals surface area contributed by atoms with E-state index in [0.717, 1.165) is 42.8 Å². The Bertz CT molecular complexity index is 753. The number of carbonyl (C=O) groups is 2. The third kappa shape index (κ3) is 4.05. The van der Waals surface area contributed by atoms with Gasteiger partial charge >= 0.3 is 0 Å². The monoisotopic (exact) mass is 337 g/mol. The first kappa shape index (κ1) is 17.1. The first-order chi connectivity index (χ1) is 12.2. The number of rotatable bonds is 4. The zero-order chi connectivity index (χ0) is 17.6. The topological polar surface area (TPSA) is 62.3 Å². The second-order valence-electron chi connectivity index (χ2n) is 6.32. The van der Waals surface area contributed by atoms with Gasteiger partial charge in [0, 0.05) is 30.4 Å². The minimum absolute atomic E-state index is 0.00779. The molecule has 1 saturated heterocycles. The summed E-state index contributed by atoms with van der Waals surface area (Å²) in [6.45, 7) is 3.54. The Morgan fingerprint density at radius 1 is 1.08 bits per heavy atom. The smallest absolute Gasteiger partial charge is 0.252 e. The third-order valence-corrected chi connectivity index (χ3v) is 4.63. The number of pyridine rings is 1. The number of hydrogen-bond donors (Lipinski definition) is 1. The van der Waals surface area contributed by atoms with E-state index < -0.39 is 0 Å². The largest absolute Gasteiger partial charge is 0.343 e. The van der Waals surface area contributed by atoms with Crippen molar-refractivity contribution in [1.29, 1.82) is 0 Å². The molecule has 0 aliphatic carbocycles. The van der Waals surface area contributed by atoms with Crippen molar-refractivity contribution in [3.8, 4) is 11.3 Å². The molecule has 0 radical (unpaired) electrons. The van der Waals surface area contributed by atoms with Crippen LogP contribution in [-0.4, -0.2) is 41.3 Å². The summed E-state index contributed by atoms with van der Waals surface area (Å²) in [6, 6.07) is 11.3. The molecule has 0 spiro atoms. The highest BCUT2D eigenvalue weighted by atomic mass is 16.2. The van der Waals surface area contributed by atoms with E-state index in [9.17, 15) is 9.59 Å². The summed E-state index contributed by atoms with van der Waals surface area (Å²) < 4.78 is 0. The van der Waals surface area contributed by atoms with Gasteiger partial charge in [0.25, 0.3) is 5.91 Å². The predicted octanol–water partition coefficient (Wildman–Crippen LogP) is 2.80. The molecule has 1 aliphatic heterocycles. The van der Waals surface area contributed by atoms with Crippen LogP contribution in [0.2, 0.25) is 0 Å². The van der Waals surface area contributed by atoms with Crippen molar-refractivity contribution in [2.45, 2.75) is 26.2 Å². The predicted molar refractivity (Wildman–Crippen MR) is 97.2 cm³/mol. The van der Waals surface area contributed by atoms with Crippen LogP contribution in [0, 0.1) is 6.92 Å². The Hall–Kier alpha value is -2.69. The SMILES string of the molecule is Cc1c(C(=O)NCC(=O)N2CCCCC2)cccc1-c1ccccn1. The van der Waals surface area contributed by atoms with Gasteiger partial charge in [-0.2, -0.15) is 0 Å². The molecular weight excluding hydrogens is 314 g/mol. The first-order valence-electron chi connectivity index (χ1n) is 8.74. The minimum Gasteiger partial charge on any atom is -0.343 e. The fourth-order valence-corrected chi connectivity index (χ4v) is 3.19. The molecule has 25 heavy (non-hydrogen) atoms. The maximum absolute atomic E-state index is 12.5. The van der Waals surface area contributed by atoms with Gasteiger partial charge in [0.1, 0.15) is 0 Å². The molecule has 1 aromatic heterocycles. The van der Waals surface area contributed by atoms with Gasteiger partial charge in [-0.25, -0.2) is 0 Å². The maximum Gasteiger partial charge on any atom is 0.252 e. The van der Waals surface area contributed by atoms with Crippen LogP contribution in [0.25, 0.3) is 11.3 Å². The molecule has 130 valence electrons. The highest BCUT2D eigenvalue weighted by molar-refractivity contribution is 5.99. The Morgan fingerprint density at radius 3 is 2.60 bits per heavy atom. The van der Waals surface area contributed by atoms with Crippen molar-refractivity contribution in [2.24, 2.45) is 0 Å². The molecule has 0 unspecified atom stereocenters. The third-order valence-electron chi connectivity index (χ3n) is 4.63. The molecule has 1 fully saturated rings. The van der Waals surface area contributed by atoms with E-state index in [1.165, 1.54) is 6.42 Å². The van der Waals surface area contributed by atoms with E-state index in [1.54, 1.807) is 12.3 Å². The number of hydrogen-bond acceptors (Lipinski definition) is 3. The van der Waals surface area contributed by atoms with E-state index in [4.69, 9.17) is 0 Å². The van der Waals surface area contributed by atoms with Gasteiger partial charge in [-0.1, -0.05) is 18.2 Å². The van der Waals surface area contributed by atoms with Gasteiger partial charge in [0.05, 0.1) is 12.2 Å².